The summed E-state index contributed by atoms with van der Waals surface area (Å²) >= 11 is 0. The van der Waals surface area contributed by atoms with Crippen molar-refractivity contribution < 1.29 is 10.2 Å². The molecule has 0 aliphatic rings. The lowest BCUT2D eigenvalue weighted by atomic mass is 10.0. The van der Waals surface area contributed by atoms with E-state index in [-0.39, 0.29) is 17.4 Å². The van der Waals surface area contributed by atoms with Gasteiger partial charge in [-0.05, 0) is 49.7 Å². The van der Waals surface area contributed by atoms with Gasteiger partial charge in [0.1, 0.15) is 5.75 Å². The normalized spacial score (nSPS) is 13.6. The summed E-state index contributed by atoms with van der Waals surface area (Å²) in [6.07, 6.45) is 1.60. The summed E-state index contributed by atoms with van der Waals surface area (Å²) in [5, 5.41) is 23.7. The van der Waals surface area contributed by atoms with Gasteiger partial charge in [-0.1, -0.05) is 24.3 Å². The van der Waals surface area contributed by atoms with Crippen LogP contribution in [0.15, 0.2) is 59.7 Å². The third-order valence-electron chi connectivity index (χ3n) is 4.46. The van der Waals surface area contributed by atoms with E-state index in [1.165, 1.54) is 0 Å². The van der Waals surface area contributed by atoms with Crippen molar-refractivity contribution in [2.24, 2.45) is 0 Å². The van der Waals surface area contributed by atoms with Crippen molar-refractivity contribution >= 4 is 10.9 Å². The molecule has 6 nitrogen and oxygen atoms in total. The van der Waals surface area contributed by atoms with Crippen molar-refractivity contribution in [3.05, 3.63) is 70.8 Å². The van der Waals surface area contributed by atoms with Crippen molar-refractivity contribution in [2.75, 3.05) is 6.54 Å². The number of rotatable bonds is 7. The van der Waals surface area contributed by atoms with E-state index in [1.807, 2.05) is 25.1 Å². The summed E-state index contributed by atoms with van der Waals surface area (Å²) in [6.45, 7) is 3.09. The van der Waals surface area contributed by atoms with Gasteiger partial charge in [0.15, 0.2) is 0 Å². The number of phenols is 1. The van der Waals surface area contributed by atoms with Gasteiger partial charge in [-0.25, -0.2) is 4.98 Å². The average molecular weight is 353 g/mol. The van der Waals surface area contributed by atoms with Crippen LogP contribution in [0.25, 0.3) is 10.9 Å². The zero-order chi connectivity index (χ0) is 18.5. The second kappa shape index (κ2) is 8.12. The van der Waals surface area contributed by atoms with Crippen LogP contribution in [0.4, 0.5) is 0 Å². The fourth-order valence-electron chi connectivity index (χ4n) is 2.95. The summed E-state index contributed by atoms with van der Waals surface area (Å²) in [5.74, 6) is 0.136. The second-order valence-electron chi connectivity index (χ2n) is 6.40. The van der Waals surface area contributed by atoms with E-state index in [0.29, 0.717) is 29.6 Å². The van der Waals surface area contributed by atoms with Crippen LogP contribution in [0.5, 0.6) is 5.75 Å². The predicted octanol–water partition coefficient (Wildman–Crippen LogP) is 2.20. The van der Waals surface area contributed by atoms with Gasteiger partial charge in [0.05, 0.1) is 23.3 Å². The number of nitrogens with zero attached hydrogens (tertiary/aromatic N) is 2. The maximum atomic E-state index is 12.4. The largest absolute Gasteiger partial charge is 0.508 e. The monoisotopic (exact) mass is 353 g/mol. The van der Waals surface area contributed by atoms with E-state index >= 15 is 0 Å². The van der Waals surface area contributed by atoms with E-state index in [4.69, 9.17) is 0 Å². The highest BCUT2D eigenvalue weighted by atomic mass is 16.3. The maximum Gasteiger partial charge on any atom is 0.261 e. The van der Waals surface area contributed by atoms with Gasteiger partial charge in [0.2, 0.25) is 0 Å². The Balaban J connectivity index is 1.54. The van der Waals surface area contributed by atoms with Crippen LogP contribution >= 0.6 is 0 Å². The number of aliphatic hydroxyl groups is 1. The molecule has 26 heavy (non-hydrogen) atoms. The number of aryl methyl sites for hydroxylation is 1. The molecule has 0 spiro atoms. The minimum absolute atomic E-state index is 0.0385. The lowest BCUT2D eigenvalue weighted by molar-refractivity contribution is 0.135. The molecule has 0 aliphatic carbocycles. The molecule has 3 N–H and O–H groups in total. The molecule has 0 saturated carbocycles. The zero-order valence-electron chi connectivity index (χ0n) is 14.7. The quantitative estimate of drug-likeness (QED) is 0.567. The van der Waals surface area contributed by atoms with Crippen LogP contribution in [0.3, 0.4) is 0 Å². The Morgan fingerprint density at radius 2 is 2.00 bits per heavy atom. The van der Waals surface area contributed by atoms with E-state index < -0.39 is 6.10 Å². The standard InChI is InChI=1S/C20H23N3O3/c1-14(19(25)15-6-4-7-16(24)12-15)21-10-5-11-23-13-22-18-9-3-2-8-17(18)20(23)26/h2-4,6-9,12-14,19,21,24-25H,5,10-11H2,1H3. The van der Waals surface area contributed by atoms with Crippen molar-refractivity contribution in [2.45, 2.75) is 32.0 Å². The number of nitrogens with one attached hydrogen (secondary N) is 1. The molecule has 1 heterocycles. The number of para-hydroxylation sites is 1. The van der Waals surface area contributed by atoms with E-state index in [9.17, 15) is 15.0 Å². The van der Waals surface area contributed by atoms with Crippen LogP contribution in [0, 0.1) is 0 Å². The first-order valence-corrected chi connectivity index (χ1v) is 8.71. The van der Waals surface area contributed by atoms with Gasteiger partial charge in [-0.3, -0.25) is 9.36 Å². The predicted molar refractivity (Wildman–Crippen MR) is 101 cm³/mol. The first-order valence-electron chi connectivity index (χ1n) is 8.71. The molecule has 6 heteroatoms. The van der Waals surface area contributed by atoms with Gasteiger partial charge >= 0.3 is 0 Å². The molecule has 0 aliphatic heterocycles. The topological polar surface area (TPSA) is 87.4 Å². The number of aliphatic hydroxyl groups excluding tert-OH is 1. The molecule has 2 unspecified atom stereocenters. The smallest absolute Gasteiger partial charge is 0.261 e. The van der Waals surface area contributed by atoms with Gasteiger partial charge in [-0.2, -0.15) is 0 Å². The Morgan fingerprint density at radius 1 is 1.19 bits per heavy atom. The van der Waals surface area contributed by atoms with Crippen LogP contribution in [-0.2, 0) is 6.54 Å². The van der Waals surface area contributed by atoms with E-state index in [2.05, 4.69) is 10.3 Å². The molecule has 0 saturated heterocycles. The van der Waals surface area contributed by atoms with E-state index in [0.717, 1.165) is 6.42 Å². The second-order valence-corrected chi connectivity index (χ2v) is 6.40. The molecular formula is C20H23N3O3. The fourth-order valence-corrected chi connectivity index (χ4v) is 2.95. The summed E-state index contributed by atoms with van der Waals surface area (Å²) in [7, 11) is 0. The third-order valence-corrected chi connectivity index (χ3v) is 4.46. The highest BCUT2D eigenvalue weighted by molar-refractivity contribution is 5.76. The zero-order valence-corrected chi connectivity index (χ0v) is 14.7. The Morgan fingerprint density at radius 3 is 2.81 bits per heavy atom. The van der Waals surface area contributed by atoms with Gasteiger partial charge in [-0.15, -0.1) is 0 Å². The molecule has 1 aromatic heterocycles. The molecule has 2 aromatic carbocycles. The molecule has 0 amide bonds. The third kappa shape index (κ3) is 4.09. The number of fused-ring (bicyclic) bond motifs is 1. The number of hydrogen-bond donors (Lipinski definition) is 3. The summed E-state index contributed by atoms with van der Waals surface area (Å²) < 4.78 is 1.61. The van der Waals surface area contributed by atoms with Crippen molar-refractivity contribution in [1.82, 2.24) is 14.9 Å². The lowest BCUT2D eigenvalue weighted by Crippen LogP contribution is -2.33. The van der Waals surface area contributed by atoms with Crippen LogP contribution in [0.1, 0.15) is 25.0 Å². The van der Waals surface area contributed by atoms with Crippen LogP contribution in [0.2, 0.25) is 0 Å². The summed E-state index contributed by atoms with van der Waals surface area (Å²) in [4.78, 5) is 16.7. The fraction of sp³-hybridized carbons (Fsp3) is 0.300. The Bertz CT molecular complexity index is 939. The number of benzene rings is 2. The number of aromatic hydroxyl groups is 1. The van der Waals surface area contributed by atoms with Gasteiger partial charge < -0.3 is 15.5 Å². The Kier molecular flexibility index (Phi) is 5.65. The van der Waals surface area contributed by atoms with Gasteiger partial charge in [0.25, 0.3) is 5.56 Å². The van der Waals surface area contributed by atoms with Crippen molar-refractivity contribution in [3.8, 4) is 5.75 Å². The first kappa shape index (κ1) is 18.1. The molecule has 0 radical (unpaired) electrons. The van der Waals surface area contributed by atoms with Crippen LogP contribution < -0.4 is 10.9 Å². The van der Waals surface area contributed by atoms with Crippen LogP contribution in [-0.4, -0.2) is 32.4 Å². The minimum Gasteiger partial charge on any atom is -0.508 e. The minimum atomic E-state index is -0.716. The van der Waals surface area contributed by atoms with Crippen molar-refractivity contribution in [1.29, 1.82) is 0 Å². The Hall–Kier alpha value is -2.70. The summed E-state index contributed by atoms with van der Waals surface area (Å²) in [6, 6.07) is 13.8. The molecule has 2 atom stereocenters. The van der Waals surface area contributed by atoms with Gasteiger partial charge in [0, 0.05) is 12.6 Å². The first-order chi connectivity index (χ1) is 12.6. The highest BCUT2D eigenvalue weighted by Gasteiger charge is 2.16. The molecule has 136 valence electrons. The number of phenolic OH excluding ortho intramolecular Hbond substituents is 1. The number of aromatic nitrogens is 2. The Labute approximate surface area is 151 Å². The molecular weight excluding hydrogens is 330 g/mol. The SMILES string of the molecule is CC(NCCCn1cnc2ccccc2c1=O)C(O)c1cccc(O)c1. The number of hydrogen-bond acceptors (Lipinski definition) is 5. The summed E-state index contributed by atoms with van der Waals surface area (Å²) in [5.41, 5.74) is 1.33. The molecule has 0 bridgehead atoms. The maximum absolute atomic E-state index is 12.4. The van der Waals surface area contributed by atoms with E-state index in [1.54, 1.807) is 41.2 Å². The van der Waals surface area contributed by atoms with Crippen molar-refractivity contribution in [3.63, 3.8) is 0 Å². The average Bonchev–Trinajstić information content (AvgIpc) is 2.66. The molecule has 3 rings (SSSR count). The molecule has 0 fully saturated rings. The molecule has 3 aromatic rings. The lowest BCUT2D eigenvalue weighted by Gasteiger charge is -2.21. The highest BCUT2D eigenvalue weighted by Crippen LogP contribution is 2.20.